The number of nitrogens with zero attached hydrogens (tertiary/aromatic N) is 2. The van der Waals surface area contributed by atoms with E-state index >= 15 is 0 Å². The number of rotatable bonds is 5. The molecule has 4 heteroatoms. The minimum Gasteiger partial charge on any atom is -0.475 e. The van der Waals surface area contributed by atoms with Crippen molar-refractivity contribution in [2.75, 3.05) is 19.7 Å². The molecule has 0 aliphatic carbocycles. The molecule has 16 heavy (non-hydrogen) atoms. The number of para-hydroxylation sites is 2. The van der Waals surface area contributed by atoms with Crippen molar-refractivity contribution in [1.82, 2.24) is 15.3 Å². The van der Waals surface area contributed by atoms with Gasteiger partial charge in [-0.15, -0.1) is 0 Å². The molecule has 0 atom stereocenters. The van der Waals surface area contributed by atoms with Crippen LogP contribution in [0.5, 0.6) is 5.88 Å². The Bertz CT molecular complexity index is 459. The molecule has 1 heterocycles. The summed E-state index contributed by atoms with van der Waals surface area (Å²) >= 11 is 0. The van der Waals surface area contributed by atoms with E-state index in [0.29, 0.717) is 12.5 Å². The van der Waals surface area contributed by atoms with Crippen molar-refractivity contribution in [3.8, 4) is 5.88 Å². The quantitative estimate of drug-likeness (QED) is 0.773. The largest absolute Gasteiger partial charge is 0.475 e. The summed E-state index contributed by atoms with van der Waals surface area (Å²) in [6, 6.07) is 7.76. The van der Waals surface area contributed by atoms with Crippen LogP contribution in [0.3, 0.4) is 0 Å². The van der Waals surface area contributed by atoms with Gasteiger partial charge in [0.25, 0.3) is 0 Å². The van der Waals surface area contributed by atoms with Crippen molar-refractivity contribution in [2.45, 2.75) is 6.92 Å². The topological polar surface area (TPSA) is 47.0 Å². The van der Waals surface area contributed by atoms with Gasteiger partial charge in [-0.3, -0.25) is 0 Å². The molecule has 0 bridgehead atoms. The molecule has 0 aliphatic rings. The molecule has 4 nitrogen and oxygen atoms in total. The van der Waals surface area contributed by atoms with Crippen LogP contribution in [0.15, 0.2) is 30.5 Å². The second-order valence-corrected chi connectivity index (χ2v) is 3.40. The molecule has 0 fully saturated rings. The number of hydrogen-bond donors (Lipinski definition) is 1. The fourth-order valence-electron chi connectivity index (χ4n) is 1.41. The first-order valence-electron chi connectivity index (χ1n) is 5.45. The fraction of sp³-hybridized carbons (Fsp3) is 0.333. The van der Waals surface area contributed by atoms with Crippen LogP contribution in [-0.4, -0.2) is 29.7 Å². The first-order valence-corrected chi connectivity index (χ1v) is 5.45. The maximum Gasteiger partial charge on any atom is 0.232 e. The number of ether oxygens (including phenoxy) is 1. The summed E-state index contributed by atoms with van der Waals surface area (Å²) in [4.78, 5) is 8.63. The Kier molecular flexibility index (Phi) is 3.66. The summed E-state index contributed by atoms with van der Waals surface area (Å²) in [5.74, 6) is 0.580. The van der Waals surface area contributed by atoms with Crippen molar-refractivity contribution in [3.05, 3.63) is 30.5 Å². The Balaban J connectivity index is 2.02. The van der Waals surface area contributed by atoms with Gasteiger partial charge in [0.15, 0.2) is 0 Å². The normalized spacial score (nSPS) is 10.6. The number of aromatic nitrogens is 2. The lowest BCUT2D eigenvalue weighted by Crippen LogP contribution is -2.20. The second-order valence-electron chi connectivity index (χ2n) is 3.40. The molecular formula is C12H15N3O. The Morgan fingerprint density at radius 3 is 2.88 bits per heavy atom. The molecule has 0 radical (unpaired) electrons. The first kappa shape index (κ1) is 10.8. The highest BCUT2D eigenvalue weighted by molar-refractivity contribution is 5.73. The highest BCUT2D eigenvalue weighted by atomic mass is 16.5. The Morgan fingerprint density at radius 2 is 2.06 bits per heavy atom. The lowest BCUT2D eigenvalue weighted by molar-refractivity contribution is 0.303. The monoisotopic (exact) mass is 217 g/mol. The van der Waals surface area contributed by atoms with Gasteiger partial charge >= 0.3 is 0 Å². The number of benzene rings is 1. The predicted molar refractivity (Wildman–Crippen MR) is 63.6 cm³/mol. The average Bonchev–Trinajstić information content (AvgIpc) is 2.34. The number of fused-ring (bicyclic) bond motifs is 1. The maximum atomic E-state index is 5.48. The van der Waals surface area contributed by atoms with Gasteiger partial charge in [-0.1, -0.05) is 19.1 Å². The molecule has 0 saturated carbocycles. The van der Waals surface area contributed by atoms with E-state index in [1.807, 2.05) is 24.3 Å². The van der Waals surface area contributed by atoms with Gasteiger partial charge in [-0.25, -0.2) is 9.97 Å². The molecule has 0 unspecified atom stereocenters. The minimum atomic E-state index is 0.580. The molecular weight excluding hydrogens is 202 g/mol. The van der Waals surface area contributed by atoms with Gasteiger partial charge in [0.2, 0.25) is 5.88 Å². The van der Waals surface area contributed by atoms with Gasteiger partial charge in [0, 0.05) is 6.54 Å². The van der Waals surface area contributed by atoms with Crippen LogP contribution in [0.2, 0.25) is 0 Å². The van der Waals surface area contributed by atoms with E-state index in [0.717, 1.165) is 24.1 Å². The predicted octanol–water partition coefficient (Wildman–Crippen LogP) is 1.62. The van der Waals surface area contributed by atoms with Crippen molar-refractivity contribution >= 4 is 11.0 Å². The van der Waals surface area contributed by atoms with E-state index in [1.54, 1.807) is 6.20 Å². The van der Waals surface area contributed by atoms with E-state index in [2.05, 4.69) is 22.2 Å². The Hall–Kier alpha value is -1.68. The Morgan fingerprint density at radius 1 is 1.25 bits per heavy atom. The van der Waals surface area contributed by atoms with Crippen LogP contribution in [-0.2, 0) is 0 Å². The molecule has 2 aromatic rings. The van der Waals surface area contributed by atoms with Gasteiger partial charge in [-0.2, -0.15) is 0 Å². The van der Waals surface area contributed by atoms with Crippen LogP contribution < -0.4 is 10.1 Å². The van der Waals surface area contributed by atoms with Gasteiger partial charge < -0.3 is 10.1 Å². The molecule has 1 aromatic heterocycles. The second kappa shape index (κ2) is 5.42. The molecule has 84 valence electrons. The minimum absolute atomic E-state index is 0.580. The van der Waals surface area contributed by atoms with E-state index in [4.69, 9.17) is 4.74 Å². The smallest absolute Gasteiger partial charge is 0.232 e. The van der Waals surface area contributed by atoms with E-state index in [1.165, 1.54) is 0 Å². The van der Waals surface area contributed by atoms with E-state index in [9.17, 15) is 0 Å². The molecule has 2 rings (SSSR count). The van der Waals surface area contributed by atoms with Crippen molar-refractivity contribution in [1.29, 1.82) is 0 Å². The summed E-state index contributed by atoms with van der Waals surface area (Å²) in [6.07, 6.45) is 1.66. The summed E-state index contributed by atoms with van der Waals surface area (Å²) in [7, 11) is 0. The number of hydrogen-bond acceptors (Lipinski definition) is 4. The summed E-state index contributed by atoms with van der Waals surface area (Å²) in [5, 5.41) is 3.18. The molecule has 0 amide bonds. The van der Waals surface area contributed by atoms with Crippen LogP contribution in [0, 0.1) is 0 Å². The van der Waals surface area contributed by atoms with Gasteiger partial charge in [0.1, 0.15) is 6.61 Å². The third kappa shape index (κ3) is 2.67. The summed E-state index contributed by atoms with van der Waals surface area (Å²) < 4.78 is 5.48. The standard InChI is InChI=1S/C12H15N3O/c1-2-13-7-8-16-12-9-14-10-5-3-4-6-11(10)15-12/h3-6,9,13H,2,7-8H2,1H3. The van der Waals surface area contributed by atoms with Crippen molar-refractivity contribution in [2.24, 2.45) is 0 Å². The number of likely N-dealkylation sites (N-methyl/N-ethyl adjacent to an activating group) is 1. The van der Waals surface area contributed by atoms with Crippen molar-refractivity contribution < 1.29 is 4.74 Å². The highest BCUT2D eigenvalue weighted by Gasteiger charge is 1.99. The van der Waals surface area contributed by atoms with Crippen LogP contribution in [0.25, 0.3) is 11.0 Å². The van der Waals surface area contributed by atoms with Crippen LogP contribution in [0.4, 0.5) is 0 Å². The zero-order chi connectivity index (χ0) is 11.2. The molecule has 0 aliphatic heterocycles. The Labute approximate surface area is 94.7 Å². The third-order valence-electron chi connectivity index (χ3n) is 2.21. The molecule has 1 N–H and O–H groups in total. The van der Waals surface area contributed by atoms with Crippen LogP contribution in [0.1, 0.15) is 6.92 Å². The molecule has 0 saturated heterocycles. The average molecular weight is 217 g/mol. The third-order valence-corrected chi connectivity index (χ3v) is 2.21. The zero-order valence-corrected chi connectivity index (χ0v) is 9.31. The van der Waals surface area contributed by atoms with Gasteiger partial charge in [-0.05, 0) is 18.7 Å². The molecule has 0 spiro atoms. The summed E-state index contributed by atoms with van der Waals surface area (Å²) in [5.41, 5.74) is 1.75. The van der Waals surface area contributed by atoms with Crippen LogP contribution >= 0.6 is 0 Å². The maximum absolute atomic E-state index is 5.48. The van der Waals surface area contributed by atoms with E-state index in [-0.39, 0.29) is 0 Å². The van der Waals surface area contributed by atoms with Gasteiger partial charge in [0.05, 0.1) is 17.2 Å². The highest BCUT2D eigenvalue weighted by Crippen LogP contribution is 2.12. The zero-order valence-electron chi connectivity index (χ0n) is 9.31. The van der Waals surface area contributed by atoms with E-state index < -0.39 is 0 Å². The van der Waals surface area contributed by atoms with Crippen molar-refractivity contribution in [3.63, 3.8) is 0 Å². The SMILES string of the molecule is CCNCCOc1cnc2ccccc2n1. The number of nitrogens with one attached hydrogen (secondary N) is 1. The lowest BCUT2D eigenvalue weighted by Gasteiger charge is -2.05. The molecule has 1 aromatic carbocycles. The lowest BCUT2D eigenvalue weighted by atomic mass is 10.3. The first-order chi connectivity index (χ1) is 7.90. The summed E-state index contributed by atoms with van der Waals surface area (Å²) in [6.45, 7) is 4.45. The fourth-order valence-corrected chi connectivity index (χ4v) is 1.41.